The van der Waals surface area contributed by atoms with Crippen LogP contribution in [-0.2, 0) is 0 Å². The molecule has 0 aromatic rings. The van der Waals surface area contributed by atoms with E-state index in [1.807, 2.05) is 6.92 Å². The summed E-state index contributed by atoms with van der Waals surface area (Å²) < 4.78 is 0. The number of nitrogens with one attached hydrogen (secondary N) is 2. The molecule has 0 saturated heterocycles. The van der Waals surface area contributed by atoms with Crippen molar-refractivity contribution in [2.75, 3.05) is 0 Å². The lowest BCUT2D eigenvalue weighted by atomic mass is 10.3. The van der Waals surface area contributed by atoms with Gasteiger partial charge in [0.25, 0.3) is 0 Å². The molecule has 2 heterocycles. The van der Waals surface area contributed by atoms with Crippen molar-refractivity contribution in [3.63, 3.8) is 0 Å². The van der Waals surface area contributed by atoms with Gasteiger partial charge in [0.15, 0.2) is 6.17 Å². The molecule has 2 N–H and O–H groups in total. The van der Waals surface area contributed by atoms with Crippen LogP contribution in [0.2, 0.25) is 0 Å². The zero-order chi connectivity index (χ0) is 6.97. The average Bonchev–Trinajstić information content (AvgIpc) is 2.36. The number of hydrogen-bond donors (Lipinski definition) is 2. The summed E-state index contributed by atoms with van der Waals surface area (Å²) in [7, 11) is 0. The number of hydrogen-bond acceptors (Lipinski definition) is 4. The Morgan fingerprint density at radius 1 is 1.50 bits per heavy atom. The van der Waals surface area contributed by atoms with Crippen molar-refractivity contribution in [1.82, 2.24) is 10.6 Å². The first-order valence-corrected chi connectivity index (χ1v) is 3.15. The highest BCUT2D eigenvalue weighted by Crippen LogP contribution is 2.13. The van der Waals surface area contributed by atoms with Crippen LogP contribution in [0.25, 0.3) is 0 Å². The molecular formula is C6H8N4. The molecule has 0 bridgehead atoms. The molecule has 2 aliphatic rings. The molecule has 52 valence electrons. The average molecular weight is 136 g/mol. The summed E-state index contributed by atoms with van der Waals surface area (Å²) >= 11 is 0. The Kier molecular flexibility index (Phi) is 1.00. The minimum atomic E-state index is 0.0810. The lowest BCUT2D eigenvalue weighted by molar-refractivity contribution is 0.717. The molecule has 0 aromatic carbocycles. The molecule has 0 spiro atoms. The van der Waals surface area contributed by atoms with Crippen molar-refractivity contribution in [2.45, 2.75) is 13.1 Å². The third-order valence-corrected chi connectivity index (χ3v) is 1.60. The second kappa shape index (κ2) is 1.83. The number of rotatable bonds is 0. The van der Waals surface area contributed by atoms with Crippen LogP contribution in [0.1, 0.15) is 6.92 Å². The van der Waals surface area contributed by atoms with Gasteiger partial charge in [0, 0.05) is 0 Å². The van der Waals surface area contributed by atoms with E-state index in [1.54, 1.807) is 12.7 Å². The minimum Gasteiger partial charge on any atom is -0.350 e. The van der Waals surface area contributed by atoms with Crippen molar-refractivity contribution in [2.24, 2.45) is 9.98 Å². The molecule has 0 radical (unpaired) electrons. The van der Waals surface area contributed by atoms with Crippen molar-refractivity contribution in [3.05, 3.63) is 11.4 Å². The van der Waals surface area contributed by atoms with Gasteiger partial charge in [-0.1, -0.05) is 0 Å². The SMILES string of the molecule is CC1=C2NC=NC2NC=N1. The van der Waals surface area contributed by atoms with Crippen LogP contribution < -0.4 is 10.6 Å². The molecule has 2 rings (SSSR count). The first-order chi connectivity index (χ1) is 4.88. The maximum Gasteiger partial charge on any atom is 0.163 e. The van der Waals surface area contributed by atoms with Gasteiger partial charge in [-0.25, -0.2) is 9.98 Å². The number of aliphatic imine (C=N–C) groups is 2. The van der Waals surface area contributed by atoms with E-state index in [4.69, 9.17) is 0 Å². The van der Waals surface area contributed by atoms with Gasteiger partial charge in [0.2, 0.25) is 0 Å². The van der Waals surface area contributed by atoms with Gasteiger partial charge < -0.3 is 10.6 Å². The maximum absolute atomic E-state index is 4.11. The molecule has 0 fully saturated rings. The van der Waals surface area contributed by atoms with Crippen molar-refractivity contribution >= 4 is 12.7 Å². The van der Waals surface area contributed by atoms with E-state index in [0.717, 1.165) is 11.4 Å². The van der Waals surface area contributed by atoms with E-state index >= 15 is 0 Å². The van der Waals surface area contributed by atoms with E-state index in [1.165, 1.54) is 0 Å². The second-order valence-electron chi connectivity index (χ2n) is 2.25. The van der Waals surface area contributed by atoms with E-state index in [0.29, 0.717) is 0 Å². The van der Waals surface area contributed by atoms with Crippen LogP contribution in [0.3, 0.4) is 0 Å². The Labute approximate surface area is 58.8 Å². The fourth-order valence-corrected chi connectivity index (χ4v) is 1.04. The highest BCUT2D eigenvalue weighted by Gasteiger charge is 2.19. The van der Waals surface area contributed by atoms with Gasteiger partial charge in [-0.2, -0.15) is 0 Å². The smallest absolute Gasteiger partial charge is 0.163 e. The first kappa shape index (κ1) is 5.46. The largest absolute Gasteiger partial charge is 0.350 e. The topological polar surface area (TPSA) is 48.8 Å². The third kappa shape index (κ3) is 0.618. The molecular weight excluding hydrogens is 128 g/mol. The van der Waals surface area contributed by atoms with Crippen LogP contribution >= 0.6 is 0 Å². The lowest BCUT2D eigenvalue weighted by Crippen LogP contribution is -2.32. The van der Waals surface area contributed by atoms with Gasteiger partial charge in [0.05, 0.1) is 24.1 Å². The summed E-state index contributed by atoms with van der Waals surface area (Å²) in [5, 5.41) is 6.02. The maximum atomic E-state index is 4.11. The normalized spacial score (nSPS) is 27.9. The predicted octanol–water partition coefficient (Wildman–Crippen LogP) is -0.193. The summed E-state index contributed by atoms with van der Waals surface area (Å²) in [5.41, 5.74) is 2.06. The molecule has 0 saturated carbocycles. The molecule has 4 nitrogen and oxygen atoms in total. The predicted molar refractivity (Wildman–Crippen MR) is 39.7 cm³/mol. The van der Waals surface area contributed by atoms with Gasteiger partial charge in [-0.3, -0.25) is 0 Å². The van der Waals surface area contributed by atoms with Gasteiger partial charge in [0.1, 0.15) is 0 Å². The van der Waals surface area contributed by atoms with Crippen LogP contribution in [0.4, 0.5) is 0 Å². The third-order valence-electron chi connectivity index (χ3n) is 1.60. The molecule has 4 heteroatoms. The standard InChI is InChI=1S/C6H8N4/c1-4-5-6(9-2-7-4)10-3-8-5/h2-3,6H,1H3,(H,7,9)(H,8,10). The first-order valence-electron chi connectivity index (χ1n) is 3.15. The Morgan fingerprint density at radius 3 is 3.20 bits per heavy atom. The van der Waals surface area contributed by atoms with Crippen LogP contribution in [0, 0.1) is 0 Å². The van der Waals surface area contributed by atoms with Crippen molar-refractivity contribution in [1.29, 1.82) is 0 Å². The Hall–Kier alpha value is -1.32. The number of fused-ring (bicyclic) bond motifs is 1. The zero-order valence-corrected chi connectivity index (χ0v) is 5.63. The quantitative estimate of drug-likeness (QED) is 0.484. The summed E-state index contributed by atoms with van der Waals surface area (Å²) in [5.74, 6) is 0. The highest BCUT2D eigenvalue weighted by atomic mass is 15.2. The zero-order valence-electron chi connectivity index (χ0n) is 5.63. The van der Waals surface area contributed by atoms with E-state index in [-0.39, 0.29) is 6.17 Å². The van der Waals surface area contributed by atoms with Crippen molar-refractivity contribution < 1.29 is 0 Å². The molecule has 1 atom stereocenters. The highest BCUT2D eigenvalue weighted by molar-refractivity contribution is 5.68. The molecule has 2 aliphatic heterocycles. The van der Waals surface area contributed by atoms with Crippen molar-refractivity contribution in [3.8, 4) is 0 Å². The van der Waals surface area contributed by atoms with E-state index in [2.05, 4.69) is 20.6 Å². The van der Waals surface area contributed by atoms with Gasteiger partial charge in [-0.05, 0) is 6.92 Å². The molecule has 10 heavy (non-hydrogen) atoms. The summed E-state index contributed by atoms with van der Waals surface area (Å²) in [6.07, 6.45) is 3.44. The summed E-state index contributed by atoms with van der Waals surface area (Å²) in [4.78, 5) is 8.19. The van der Waals surface area contributed by atoms with E-state index in [9.17, 15) is 0 Å². The second-order valence-corrected chi connectivity index (χ2v) is 2.25. The van der Waals surface area contributed by atoms with Crippen LogP contribution in [0.15, 0.2) is 21.4 Å². The number of allylic oxidation sites excluding steroid dienone is 1. The van der Waals surface area contributed by atoms with E-state index < -0.39 is 0 Å². The minimum absolute atomic E-state index is 0.0810. The Morgan fingerprint density at radius 2 is 2.40 bits per heavy atom. The summed E-state index contributed by atoms with van der Waals surface area (Å²) in [6, 6.07) is 0. The fraction of sp³-hybridized carbons (Fsp3) is 0.333. The summed E-state index contributed by atoms with van der Waals surface area (Å²) in [6.45, 7) is 1.96. The molecule has 0 aromatic heterocycles. The Bertz CT molecular complexity index is 238. The van der Waals surface area contributed by atoms with Crippen LogP contribution in [-0.4, -0.2) is 18.8 Å². The monoisotopic (exact) mass is 136 g/mol. The lowest BCUT2D eigenvalue weighted by Gasteiger charge is -2.14. The van der Waals surface area contributed by atoms with Crippen LogP contribution in [0.5, 0.6) is 0 Å². The Balaban J connectivity index is 2.38. The molecule has 0 aliphatic carbocycles. The number of nitrogens with zero attached hydrogens (tertiary/aromatic N) is 2. The van der Waals surface area contributed by atoms with Gasteiger partial charge in [-0.15, -0.1) is 0 Å². The molecule has 0 amide bonds. The fourth-order valence-electron chi connectivity index (χ4n) is 1.04. The van der Waals surface area contributed by atoms with Gasteiger partial charge >= 0.3 is 0 Å². The molecule has 1 unspecified atom stereocenters.